The number of anilines is 6. The molecular weight excluding hydrogens is 1930 g/mol. The van der Waals surface area contributed by atoms with Crippen LogP contribution < -0.4 is 64.7 Å². The van der Waals surface area contributed by atoms with Gasteiger partial charge in [0.15, 0.2) is 10.1 Å². The molecule has 33 nitrogen and oxygen atoms in total. The summed E-state index contributed by atoms with van der Waals surface area (Å²) >= 11 is 6.06. The Kier molecular flexibility index (Phi) is 32.8. The molecule has 0 bridgehead atoms. The topological polar surface area (TPSA) is 432 Å². The monoisotopic (exact) mass is 2050 g/mol. The lowest BCUT2D eigenvalue weighted by Crippen LogP contribution is -2.44. The fourth-order valence-corrected chi connectivity index (χ4v) is 23.8. The van der Waals surface area contributed by atoms with Crippen LogP contribution in [0.15, 0.2) is 203 Å². The number of halogens is 5. The molecule has 142 heavy (non-hydrogen) atoms. The number of nitrogens with zero attached hydrogens (tertiary/aromatic N) is 12. The van der Waals surface area contributed by atoms with Crippen LogP contribution in [0.3, 0.4) is 0 Å². The molecule has 9 N–H and O–H groups in total. The zero-order chi connectivity index (χ0) is 103. The average molecular weight is 2060 g/mol. The molecule has 762 valence electrons. The van der Waals surface area contributed by atoms with Crippen LogP contribution in [0.2, 0.25) is 0 Å². The number of amides is 4. The average Bonchev–Trinajstić information content (AvgIpc) is 1.57. The minimum absolute atomic E-state index is 0.0158. The van der Waals surface area contributed by atoms with Crippen molar-refractivity contribution in [2.75, 3.05) is 83.9 Å². The third-order valence-electron chi connectivity index (χ3n) is 25.7. The van der Waals surface area contributed by atoms with Gasteiger partial charge in [0.25, 0.3) is 43.7 Å². The number of pyridine rings is 6. The Labute approximate surface area is 833 Å². The van der Waals surface area contributed by atoms with E-state index in [1.165, 1.54) is 58.9 Å². The summed E-state index contributed by atoms with van der Waals surface area (Å²) < 4.78 is 178. The number of hydrogen-bond donors (Lipinski definition) is 7. The first-order valence-corrected chi connectivity index (χ1v) is 53.2. The van der Waals surface area contributed by atoms with Gasteiger partial charge in [-0.05, 0) is 259 Å². The van der Waals surface area contributed by atoms with Crippen molar-refractivity contribution in [3.63, 3.8) is 0 Å². The van der Waals surface area contributed by atoms with E-state index < -0.39 is 75.8 Å². The first kappa shape index (κ1) is 107. The maximum absolute atomic E-state index is 13.4. The fourth-order valence-electron chi connectivity index (χ4n) is 19.2. The molecule has 42 heteroatoms. The van der Waals surface area contributed by atoms with E-state index in [1.54, 1.807) is 60.9 Å². The Bertz CT molecular complexity index is 6740. The summed E-state index contributed by atoms with van der Waals surface area (Å²) in [6, 6.07) is 40.9. The summed E-state index contributed by atoms with van der Waals surface area (Å²) in [7, 11) is -16.6. The van der Waals surface area contributed by atoms with E-state index in [2.05, 4.69) is 128 Å². The van der Waals surface area contributed by atoms with E-state index in [9.17, 15) is 70.4 Å². The van der Waals surface area contributed by atoms with Crippen molar-refractivity contribution in [1.29, 1.82) is 0 Å². The molecule has 3 aromatic carbocycles. The van der Waals surface area contributed by atoms with Crippen LogP contribution in [-0.4, -0.2) is 195 Å². The molecule has 0 radical (unpaired) electrons. The maximum Gasteiger partial charge on any atom is 0.416 e. The highest BCUT2D eigenvalue weighted by molar-refractivity contribution is 7.90. The summed E-state index contributed by atoms with van der Waals surface area (Å²) in [4.78, 5) is 87.7. The van der Waals surface area contributed by atoms with Gasteiger partial charge in [0.2, 0.25) is 5.88 Å². The van der Waals surface area contributed by atoms with Crippen molar-refractivity contribution in [1.82, 2.24) is 57.4 Å². The second-order valence-corrected chi connectivity index (χ2v) is 47.1. The maximum atomic E-state index is 13.4. The second kappa shape index (κ2) is 43.4. The molecule has 6 saturated heterocycles. The van der Waals surface area contributed by atoms with Crippen molar-refractivity contribution in [2.24, 2.45) is 35.1 Å². The number of allylic oxidation sites excluding steroid dienone is 3. The lowest BCUT2D eigenvalue weighted by molar-refractivity contribution is -0.137. The quantitative estimate of drug-likeness (QED) is 0.0261. The number of nitrogens with one attached hydrogen (secondary N) is 5. The summed E-state index contributed by atoms with van der Waals surface area (Å²) in [5.74, 6) is 0.926. The molecule has 1 aliphatic carbocycles. The van der Waals surface area contributed by atoms with Gasteiger partial charge in [-0.1, -0.05) is 93.9 Å². The van der Waals surface area contributed by atoms with E-state index >= 15 is 0 Å². The number of benzene rings is 3. The molecule has 6 fully saturated rings. The van der Waals surface area contributed by atoms with Crippen LogP contribution in [0.4, 0.5) is 52.3 Å². The molecule has 4 amide bonds. The van der Waals surface area contributed by atoms with Gasteiger partial charge < -0.3 is 45.9 Å². The number of hydrogen-bond acceptors (Lipinski definition) is 27. The molecule has 16 rings (SSSR count). The molecule has 6 atom stereocenters. The predicted molar refractivity (Wildman–Crippen MR) is 540 cm³/mol. The highest BCUT2D eigenvalue weighted by atomic mass is 35.5. The van der Waals surface area contributed by atoms with Gasteiger partial charge in [0.1, 0.15) is 47.3 Å². The number of rotatable bonds is 25. The minimum atomic E-state index is -4.46. The van der Waals surface area contributed by atoms with Gasteiger partial charge >= 0.3 is 26.6 Å². The lowest BCUT2D eigenvalue weighted by atomic mass is 9.97. The van der Waals surface area contributed by atoms with Crippen molar-refractivity contribution < 1.29 is 79.9 Å². The first-order chi connectivity index (χ1) is 66.6. The van der Waals surface area contributed by atoms with Crippen molar-refractivity contribution in [3.05, 3.63) is 226 Å². The summed E-state index contributed by atoms with van der Waals surface area (Å²) in [6.07, 6.45) is 5.28. The van der Waals surface area contributed by atoms with Crippen LogP contribution in [-0.2, 0) is 46.6 Å². The number of aryl methyl sites for hydroxylation is 1. The zero-order valence-corrected chi connectivity index (χ0v) is 86.1. The Morgan fingerprint density at radius 3 is 1.37 bits per heavy atom. The van der Waals surface area contributed by atoms with Crippen LogP contribution in [0, 0.1) is 30.6 Å². The van der Waals surface area contributed by atoms with Crippen molar-refractivity contribution >= 4 is 110 Å². The van der Waals surface area contributed by atoms with Gasteiger partial charge in [0.05, 0.1) is 45.3 Å². The third kappa shape index (κ3) is 26.0. The smallest absolute Gasteiger partial charge is 0.416 e. The highest BCUT2D eigenvalue weighted by Crippen LogP contribution is 2.45. The van der Waals surface area contributed by atoms with Crippen LogP contribution in [0.5, 0.6) is 11.6 Å². The predicted octanol–water partition coefficient (Wildman–Crippen LogP) is 15.6. The molecular formula is C100H124ClF4N19O14S4. The van der Waals surface area contributed by atoms with E-state index in [4.69, 9.17) is 37.5 Å². The number of para-hydroxylation sites is 2. The number of sulfonamides is 2. The fraction of sp³-hybridized carbons (Fsp3) is 0.440. The number of ether oxygens (including phenoxy) is 2. The van der Waals surface area contributed by atoms with E-state index in [-0.39, 0.29) is 134 Å². The van der Waals surface area contributed by atoms with Gasteiger partial charge in [-0.15, -0.1) is 0 Å². The zero-order valence-electron chi connectivity index (χ0n) is 82.1. The van der Waals surface area contributed by atoms with Crippen molar-refractivity contribution in [3.8, 4) is 34.1 Å². The summed E-state index contributed by atoms with van der Waals surface area (Å²) in [6.45, 7) is 34.6. The third-order valence-corrected chi connectivity index (χ3v) is 31.4. The number of aromatic nitrogens is 6. The molecule has 0 saturated carbocycles. The Morgan fingerprint density at radius 2 is 0.923 bits per heavy atom. The van der Waals surface area contributed by atoms with E-state index in [0.717, 1.165) is 65.5 Å². The SMILES string of the molecule is CC(C)Oc1ccccc1-c1ccc(C(=O)NS(=O)(=O)N2CC[C@H](N)C2)c(N2C[C@@H](C)CC2(C)C)n1.CC1CN(c2ncccc2C(=O)NS(=O)(=O)c2cccc(OCC3=C(Cl)C=C(F)CC3)n2)C(C)(C)C1.C[C@@H]1CN(c2nc(-c3ccc(C(F)(F)F)cc3)ccc2C(=O)NS(=O)(=O)N2CC[C@@H](N)C2)C(C)(C)C1.Cc1ccccc1Nc1cccc(S(=O)(=O)NC(=O)c2cccnc2N2CC(C)CC2(C)C)n1. The number of nitrogens with two attached hydrogens (primary N) is 2. The molecule has 7 aliphatic rings. The molecule has 6 aromatic heterocycles. The van der Waals surface area contributed by atoms with E-state index in [0.29, 0.717) is 114 Å². The Balaban J connectivity index is 0.000000159. The second-order valence-electron chi connectivity index (χ2n) is 40.1. The van der Waals surface area contributed by atoms with Crippen LogP contribution in [0.1, 0.15) is 201 Å². The van der Waals surface area contributed by atoms with E-state index in [1.807, 2.05) is 92.9 Å². The number of alkyl halides is 3. The standard InChI is InChI=1S/C26H37N5O4S.C25H28ClFN4O4S.C25H29N5O3S.C24H30F3N5O3S/c1-17(2)35-23-9-7-6-8-20(23)22-11-10-21(24(28-22)31-15-18(3)14-26(31,4)5)25(32)29-36(33,34)30-13-12-19(27)16-30;1-16-13-25(2,3)31(14-16)23-19(6-5-11-28-23)24(32)30-36(33,34)22-8-4-7-21(29-22)35-15-17-9-10-18(27)12-20(17)26;1-17-15-25(3,4)30(16-17)23-19(10-8-14-26-23)24(31)29-34(32,33)22-13-7-12-21(28-22)27-20-11-6-5-9-18(20)2;1-15-12-23(2,3)32(13-15)21-19(22(33)30-36(34,35)31-11-10-18(28)14-31)8-9-20(29-21)16-4-6-17(7-5-16)24(25,26)27/h6-11,17-19H,12-16,27H2,1-5H3,(H,29,32);4-8,11-12,16H,9-10,13-15H2,1-3H3,(H,30,32);5-14,17H,15-16H2,1-4H3,(H,27,28)(H,29,31);4-9,15,18H,10-14,28H2,1-3H3,(H,30,33)/t18-,19-;;;15-,18+/m0..0/s1. The summed E-state index contributed by atoms with van der Waals surface area (Å²) in [5.41, 5.74) is 15.3. The van der Waals surface area contributed by atoms with Crippen LogP contribution >= 0.6 is 11.6 Å². The van der Waals surface area contributed by atoms with Gasteiger partial charge in [-0.3, -0.25) is 19.2 Å². The summed E-state index contributed by atoms with van der Waals surface area (Å²) in [5, 5.41) is 2.76. The number of carbonyl (C=O) groups excluding carboxylic acids is 4. The molecule has 12 heterocycles. The largest absolute Gasteiger partial charge is 0.490 e. The molecule has 9 aromatic rings. The van der Waals surface area contributed by atoms with Crippen LogP contribution in [0.25, 0.3) is 22.5 Å². The Hall–Kier alpha value is -11.8. The lowest BCUT2D eigenvalue weighted by Gasteiger charge is -2.34. The van der Waals surface area contributed by atoms with Gasteiger partial charge in [-0.2, -0.15) is 60.4 Å². The minimum Gasteiger partial charge on any atom is -0.490 e. The highest BCUT2D eigenvalue weighted by Gasteiger charge is 2.46. The van der Waals surface area contributed by atoms with Crippen molar-refractivity contribution in [2.45, 2.75) is 212 Å². The number of carbonyl (C=O) groups is 4. The molecule has 2 unspecified atom stereocenters. The molecule has 6 aliphatic heterocycles. The first-order valence-electron chi connectivity index (χ1n) is 47.0. The van der Waals surface area contributed by atoms with Gasteiger partial charge in [0, 0.05) is 133 Å². The Morgan fingerprint density at radius 1 is 0.493 bits per heavy atom. The van der Waals surface area contributed by atoms with Gasteiger partial charge in [-0.25, -0.2) is 48.2 Å². The normalized spacial score (nSPS) is 20.6. The molecule has 0 spiro atoms.